The first-order valence-corrected chi connectivity index (χ1v) is 10.7. The SMILES string of the molecule is CCOc1ccc(C(=O)OCC(=O)c2ccc3c(c2)CCN3S(C)(=O)=O)cc1. The van der Waals surface area contributed by atoms with Crippen molar-refractivity contribution >= 4 is 27.5 Å². The topological polar surface area (TPSA) is 90.0 Å². The molecule has 0 saturated heterocycles. The van der Waals surface area contributed by atoms with Crippen molar-refractivity contribution in [2.24, 2.45) is 0 Å². The van der Waals surface area contributed by atoms with Crippen molar-refractivity contribution in [1.29, 1.82) is 0 Å². The molecule has 1 heterocycles. The van der Waals surface area contributed by atoms with Gasteiger partial charge in [-0.05, 0) is 61.4 Å². The highest BCUT2D eigenvalue weighted by atomic mass is 32.2. The number of nitrogens with zero attached hydrogens (tertiary/aromatic N) is 1. The Morgan fingerprint density at radius 2 is 1.75 bits per heavy atom. The van der Waals surface area contributed by atoms with E-state index in [9.17, 15) is 18.0 Å². The normalized spacial score (nSPS) is 13.1. The zero-order valence-corrected chi connectivity index (χ0v) is 16.5. The number of ether oxygens (including phenoxy) is 2. The third-order valence-corrected chi connectivity index (χ3v) is 5.57. The van der Waals surface area contributed by atoms with E-state index in [1.165, 1.54) is 4.31 Å². The Bertz CT molecular complexity index is 998. The molecule has 0 aliphatic carbocycles. The first kappa shape index (κ1) is 19.9. The van der Waals surface area contributed by atoms with Gasteiger partial charge in [-0.3, -0.25) is 9.10 Å². The molecule has 0 N–H and O–H groups in total. The molecule has 0 atom stereocenters. The van der Waals surface area contributed by atoms with E-state index in [0.29, 0.717) is 42.1 Å². The number of esters is 1. The number of Topliss-reactive ketones (excluding diaryl/α,β-unsaturated/α-hetero) is 1. The number of carbonyl (C=O) groups excluding carboxylic acids is 2. The summed E-state index contributed by atoms with van der Waals surface area (Å²) in [6, 6.07) is 11.3. The molecule has 148 valence electrons. The number of hydrogen-bond acceptors (Lipinski definition) is 6. The van der Waals surface area contributed by atoms with Crippen molar-refractivity contribution in [2.45, 2.75) is 13.3 Å². The smallest absolute Gasteiger partial charge is 0.338 e. The highest BCUT2D eigenvalue weighted by Gasteiger charge is 2.26. The Morgan fingerprint density at radius 1 is 1.07 bits per heavy atom. The summed E-state index contributed by atoms with van der Waals surface area (Å²) < 4.78 is 35.3. The van der Waals surface area contributed by atoms with Gasteiger partial charge >= 0.3 is 5.97 Å². The number of fused-ring (bicyclic) bond motifs is 1. The van der Waals surface area contributed by atoms with E-state index in [4.69, 9.17) is 9.47 Å². The maximum Gasteiger partial charge on any atom is 0.338 e. The van der Waals surface area contributed by atoms with Gasteiger partial charge < -0.3 is 9.47 Å². The number of hydrogen-bond donors (Lipinski definition) is 0. The van der Waals surface area contributed by atoms with Crippen molar-refractivity contribution in [3.05, 3.63) is 59.2 Å². The number of sulfonamides is 1. The lowest BCUT2D eigenvalue weighted by atomic mass is 10.1. The van der Waals surface area contributed by atoms with Gasteiger partial charge in [0.05, 0.1) is 24.1 Å². The van der Waals surface area contributed by atoms with E-state index in [-0.39, 0.29) is 12.4 Å². The fourth-order valence-corrected chi connectivity index (χ4v) is 4.00. The van der Waals surface area contributed by atoms with E-state index in [0.717, 1.165) is 11.8 Å². The molecule has 0 radical (unpaired) electrons. The van der Waals surface area contributed by atoms with Crippen LogP contribution < -0.4 is 9.04 Å². The van der Waals surface area contributed by atoms with Gasteiger partial charge in [-0.15, -0.1) is 0 Å². The van der Waals surface area contributed by atoms with E-state index < -0.39 is 16.0 Å². The summed E-state index contributed by atoms with van der Waals surface area (Å²) >= 11 is 0. The first-order chi connectivity index (χ1) is 13.3. The third-order valence-electron chi connectivity index (χ3n) is 4.39. The fourth-order valence-electron chi connectivity index (χ4n) is 3.04. The Kier molecular flexibility index (Phi) is 5.69. The molecule has 8 heteroatoms. The van der Waals surface area contributed by atoms with Crippen LogP contribution in [0.5, 0.6) is 5.75 Å². The lowest BCUT2D eigenvalue weighted by molar-refractivity contribution is 0.0474. The number of ketones is 1. The van der Waals surface area contributed by atoms with Gasteiger partial charge in [0, 0.05) is 12.1 Å². The maximum absolute atomic E-state index is 12.4. The van der Waals surface area contributed by atoms with Gasteiger partial charge in [0.25, 0.3) is 0 Å². The van der Waals surface area contributed by atoms with Gasteiger partial charge in [-0.1, -0.05) is 0 Å². The zero-order valence-electron chi connectivity index (χ0n) is 15.7. The molecule has 0 unspecified atom stereocenters. The van der Waals surface area contributed by atoms with E-state index >= 15 is 0 Å². The molecule has 28 heavy (non-hydrogen) atoms. The summed E-state index contributed by atoms with van der Waals surface area (Å²) in [4.78, 5) is 24.5. The van der Waals surface area contributed by atoms with Crippen molar-refractivity contribution in [1.82, 2.24) is 0 Å². The average Bonchev–Trinajstić information content (AvgIpc) is 3.10. The molecule has 2 aromatic rings. The largest absolute Gasteiger partial charge is 0.494 e. The van der Waals surface area contributed by atoms with Crippen LogP contribution in [0.1, 0.15) is 33.2 Å². The van der Waals surface area contributed by atoms with Gasteiger partial charge in [0.15, 0.2) is 12.4 Å². The van der Waals surface area contributed by atoms with Crippen LogP contribution in [0.2, 0.25) is 0 Å². The summed E-state index contributed by atoms with van der Waals surface area (Å²) in [5.74, 6) is -0.294. The molecular formula is C20H21NO6S. The van der Waals surface area contributed by atoms with E-state index in [2.05, 4.69) is 0 Å². The number of carbonyl (C=O) groups is 2. The summed E-state index contributed by atoms with van der Waals surface area (Å²) in [5, 5.41) is 0. The minimum atomic E-state index is -3.34. The second-order valence-corrected chi connectivity index (χ2v) is 8.29. The predicted octanol–water partition coefficient (Wildman–Crippen LogP) is 2.45. The fraction of sp³-hybridized carbons (Fsp3) is 0.300. The summed E-state index contributed by atoms with van der Waals surface area (Å²) in [5.41, 5.74) is 2.09. The molecule has 1 aliphatic rings. The van der Waals surface area contributed by atoms with Crippen molar-refractivity contribution in [3.63, 3.8) is 0 Å². The Morgan fingerprint density at radius 3 is 2.39 bits per heavy atom. The number of benzene rings is 2. The van der Waals surface area contributed by atoms with Crippen LogP contribution in [0.15, 0.2) is 42.5 Å². The van der Waals surface area contributed by atoms with Crippen LogP contribution in [-0.4, -0.2) is 46.2 Å². The lowest BCUT2D eigenvalue weighted by Crippen LogP contribution is -2.27. The van der Waals surface area contributed by atoms with Gasteiger partial charge in [0.2, 0.25) is 10.0 Å². The van der Waals surface area contributed by atoms with Crippen LogP contribution >= 0.6 is 0 Å². The number of anilines is 1. The van der Waals surface area contributed by atoms with Crippen LogP contribution in [0.4, 0.5) is 5.69 Å². The first-order valence-electron chi connectivity index (χ1n) is 8.83. The van der Waals surface area contributed by atoms with Crippen molar-refractivity contribution in [3.8, 4) is 5.75 Å². The van der Waals surface area contributed by atoms with Crippen molar-refractivity contribution < 1.29 is 27.5 Å². The summed E-state index contributed by atoms with van der Waals surface area (Å²) in [6.07, 6.45) is 1.69. The maximum atomic E-state index is 12.4. The molecular weight excluding hydrogens is 382 g/mol. The van der Waals surface area contributed by atoms with Crippen LogP contribution in [0, 0.1) is 0 Å². The molecule has 3 rings (SSSR count). The van der Waals surface area contributed by atoms with Gasteiger partial charge in [-0.2, -0.15) is 0 Å². The molecule has 0 fully saturated rings. The molecule has 0 bridgehead atoms. The quantitative estimate of drug-likeness (QED) is 0.521. The third kappa shape index (κ3) is 4.33. The van der Waals surface area contributed by atoms with Crippen LogP contribution in [0.3, 0.4) is 0 Å². The molecule has 0 aromatic heterocycles. The molecule has 0 saturated carbocycles. The minimum absolute atomic E-state index is 0.328. The van der Waals surface area contributed by atoms with Crippen LogP contribution in [-0.2, 0) is 21.2 Å². The second kappa shape index (κ2) is 8.02. The van der Waals surface area contributed by atoms with Crippen LogP contribution in [0.25, 0.3) is 0 Å². The molecule has 1 aliphatic heterocycles. The summed E-state index contributed by atoms with van der Waals surface area (Å²) in [6.45, 7) is 2.37. The molecule has 0 amide bonds. The van der Waals surface area contributed by atoms with Crippen molar-refractivity contribution in [2.75, 3.05) is 30.3 Å². The average molecular weight is 403 g/mol. The van der Waals surface area contributed by atoms with E-state index in [1.54, 1.807) is 42.5 Å². The van der Waals surface area contributed by atoms with E-state index in [1.807, 2.05) is 6.92 Å². The minimum Gasteiger partial charge on any atom is -0.494 e. The highest BCUT2D eigenvalue weighted by Crippen LogP contribution is 2.30. The monoisotopic (exact) mass is 403 g/mol. The van der Waals surface area contributed by atoms with Gasteiger partial charge in [0.1, 0.15) is 5.75 Å². The Labute approximate surface area is 163 Å². The van der Waals surface area contributed by atoms with Gasteiger partial charge in [-0.25, -0.2) is 13.2 Å². The predicted molar refractivity (Wildman–Crippen MR) is 105 cm³/mol. The molecule has 7 nitrogen and oxygen atoms in total. The Balaban J connectivity index is 1.63. The standard InChI is InChI=1S/C20H21NO6S/c1-3-26-17-7-4-14(5-8-17)20(23)27-13-19(22)16-6-9-18-15(12-16)10-11-21(18)28(2,24)25/h4-9,12H,3,10-11,13H2,1-2H3. The second-order valence-electron chi connectivity index (χ2n) is 6.39. The molecule has 2 aromatic carbocycles. The Hall–Kier alpha value is -2.87. The lowest BCUT2D eigenvalue weighted by Gasteiger charge is -2.16. The highest BCUT2D eigenvalue weighted by molar-refractivity contribution is 7.92. The number of rotatable bonds is 7. The zero-order chi connectivity index (χ0) is 20.3. The molecule has 0 spiro atoms. The summed E-state index contributed by atoms with van der Waals surface area (Å²) in [7, 11) is -3.34.